The Morgan fingerprint density at radius 1 is 1.14 bits per heavy atom. The summed E-state index contributed by atoms with van der Waals surface area (Å²) >= 11 is 1.68. The lowest BCUT2D eigenvalue weighted by atomic mass is 9.84. The Labute approximate surface area is 135 Å². The number of urea groups is 1. The van der Waals surface area contributed by atoms with Crippen molar-refractivity contribution in [2.75, 3.05) is 6.26 Å². The highest BCUT2D eigenvalue weighted by molar-refractivity contribution is 7.98. The number of amides is 3. The molecule has 1 aromatic rings. The third kappa shape index (κ3) is 3.14. The monoisotopic (exact) mass is 318 g/mol. The smallest absolute Gasteiger partial charge is 0.325 e. The molecular weight excluding hydrogens is 296 g/mol. The molecule has 1 unspecified atom stereocenters. The fraction of sp³-hybridized carbons (Fsp3) is 0.529. The molecule has 0 spiro atoms. The summed E-state index contributed by atoms with van der Waals surface area (Å²) in [6.45, 7) is 0.364. The van der Waals surface area contributed by atoms with Gasteiger partial charge in [0.05, 0.1) is 6.54 Å². The first-order valence-corrected chi connectivity index (χ1v) is 9.16. The van der Waals surface area contributed by atoms with Crippen LogP contribution in [0, 0.1) is 5.92 Å². The fourth-order valence-electron chi connectivity index (χ4n) is 3.39. The van der Waals surface area contributed by atoms with Crippen molar-refractivity contribution in [3.8, 4) is 0 Å². The zero-order valence-electron chi connectivity index (χ0n) is 12.9. The van der Waals surface area contributed by atoms with E-state index < -0.39 is 0 Å². The molecule has 2 aliphatic rings. The number of nitrogens with zero attached hydrogens (tertiary/aromatic N) is 1. The predicted molar refractivity (Wildman–Crippen MR) is 87.7 cm³/mol. The molecule has 1 saturated carbocycles. The highest BCUT2D eigenvalue weighted by Gasteiger charge is 2.42. The van der Waals surface area contributed by atoms with Crippen LogP contribution in [-0.4, -0.2) is 29.1 Å². The topological polar surface area (TPSA) is 49.4 Å². The van der Waals surface area contributed by atoms with Gasteiger partial charge in [-0.2, -0.15) is 0 Å². The third-order valence-electron chi connectivity index (χ3n) is 4.68. The van der Waals surface area contributed by atoms with Gasteiger partial charge in [0.25, 0.3) is 5.91 Å². The maximum atomic E-state index is 12.6. The van der Waals surface area contributed by atoms with Crippen molar-refractivity contribution in [2.24, 2.45) is 5.92 Å². The van der Waals surface area contributed by atoms with Gasteiger partial charge in [-0.3, -0.25) is 9.69 Å². The molecule has 0 radical (unpaired) electrons. The van der Waals surface area contributed by atoms with Crippen molar-refractivity contribution >= 4 is 23.7 Å². The van der Waals surface area contributed by atoms with Gasteiger partial charge in [0, 0.05) is 4.90 Å². The standard InChI is InChI=1S/C17H22N2O2S/c1-22-14-9-7-12(8-10-14)11-19-16(20)15(18-17(19)21)13-5-3-2-4-6-13/h7-10,13,15H,2-6,11H2,1H3,(H,18,21). The Kier molecular flexibility index (Phi) is 4.71. The summed E-state index contributed by atoms with van der Waals surface area (Å²) < 4.78 is 0. The molecule has 1 saturated heterocycles. The Morgan fingerprint density at radius 2 is 1.82 bits per heavy atom. The number of hydrogen-bond donors (Lipinski definition) is 1. The van der Waals surface area contributed by atoms with Gasteiger partial charge in [0.1, 0.15) is 6.04 Å². The van der Waals surface area contributed by atoms with Gasteiger partial charge in [-0.25, -0.2) is 4.79 Å². The second kappa shape index (κ2) is 6.73. The van der Waals surface area contributed by atoms with Crippen LogP contribution in [0.1, 0.15) is 37.7 Å². The van der Waals surface area contributed by atoms with Gasteiger partial charge in [-0.1, -0.05) is 31.4 Å². The highest BCUT2D eigenvalue weighted by Crippen LogP contribution is 2.29. The predicted octanol–water partition coefficient (Wildman–Crippen LogP) is 3.41. The number of carbonyl (C=O) groups excluding carboxylic acids is 2. The fourth-order valence-corrected chi connectivity index (χ4v) is 3.80. The molecule has 3 amide bonds. The Bertz CT molecular complexity index is 552. The number of imide groups is 1. The largest absolute Gasteiger partial charge is 0.326 e. The van der Waals surface area contributed by atoms with E-state index in [9.17, 15) is 9.59 Å². The van der Waals surface area contributed by atoms with Gasteiger partial charge in [0.2, 0.25) is 0 Å². The van der Waals surface area contributed by atoms with Crippen molar-refractivity contribution in [1.82, 2.24) is 10.2 Å². The summed E-state index contributed by atoms with van der Waals surface area (Å²) in [5.74, 6) is 0.264. The minimum atomic E-state index is -0.307. The molecule has 1 N–H and O–H groups in total. The minimum absolute atomic E-state index is 0.0501. The average Bonchev–Trinajstić information content (AvgIpc) is 2.84. The Hall–Kier alpha value is -1.49. The molecular formula is C17H22N2O2S. The molecule has 1 aliphatic carbocycles. The summed E-state index contributed by atoms with van der Waals surface area (Å²) in [5.41, 5.74) is 0.991. The van der Waals surface area contributed by atoms with Gasteiger partial charge >= 0.3 is 6.03 Å². The molecule has 1 aliphatic heterocycles. The summed E-state index contributed by atoms with van der Waals surface area (Å²) in [6.07, 6.45) is 7.71. The van der Waals surface area contributed by atoms with Crippen molar-refractivity contribution in [1.29, 1.82) is 0 Å². The van der Waals surface area contributed by atoms with E-state index in [1.54, 1.807) is 11.8 Å². The van der Waals surface area contributed by atoms with E-state index in [-0.39, 0.29) is 18.0 Å². The lowest BCUT2D eigenvalue weighted by Crippen LogP contribution is -2.38. The van der Waals surface area contributed by atoms with Crippen LogP contribution in [0.2, 0.25) is 0 Å². The van der Waals surface area contributed by atoms with E-state index in [0.717, 1.165) is 18.4 Å². The van der Waals surface area contributed by atoms with Crippen molar-refractivity contribution in [3.05, 3.63) is 29.8 Å². The van der Waals surface area contributed by atoms with Crippen molar-refractivity contribution in [3.63, 3.8) is 0 Å². The summed E-state index contributed by atoms with van der Waals surface area (Å²) in [7, 11) is 0. The maximum Gasteiger partial charge on any atom is 0.325 e. The maximum absolute atomic E-state index is 12.6. The van der Waals surface area contributed by atoms with Gasteiger partial charge < -0.3 is 5.32 Å². The molecule has 1 aromatic carbocycles. The SMILES string of the molecule is CSc1ccc(CN2C(=O)NC(C3CCCCC3)C2=O)cc1. The molecule has 0 aromatic heterocycles. The first-order chi connectivity index (χ1) is 10.7. The van der Waals surface area contributed by atoms with Crippen LogP contribution in [0.4, 0.5) is 4.79 Å². The summed E-state index contributed by atoms with van der Waals surface area (Å²) in [6, 6.07) is 7.47. The molecule has 1 atom stereocenters. The molecule has 1 heterocycles. The van der Waals surface area contributed by atoms with E-state index in [4.69, 9.17) is 0 Å². The number of hydrogen-bond acceptors (Lipinski definition) is 3. The van der Waals surface area contributed by atoms with Gasteiger partial charge in [-0.05, 0) is 42.7 Å². The quantitative estimate of drug-likeness (QED) is 0.683. The van der Waals surface area contributed by atoms with E-state index in [0.29, 0.717) is 12.5 Å². The highest BCUT2D eigenvalue weighted by atomic mass is 32.2. The van der Waals surface area contributed by atoms with Crippen LogP contribution in [0.5, 0.6) is 0 Å². The molecule has 5 heteroatoms. The van der Waals surface area contributed by atoms with Crippen molar-refractivity contribution < 1.29 is 9.59 Å². The van der Waals surface area contributed by atoms with Crippen LogP contribution in [-0.2, 0) is 11.3 Å². The van der Waals surface area contributed by atoms with Crippen LogP contribution in [0.25, 0.3) is 0 Å². The molecule has 2 fully saturated rings. The number of rotatable bonds is 4. The van der Waals surface area contributed by atoms with Crippen LogP contribution < -0.4 is 5.32 Å². The average molecular weight is 318 g/mol. The van der Waals surface area contributed by atoms with Gasteiger partial charge in [-0.15, -0.1) is 11.8 Å². The number of benzene rings is 1. The van der Waals surface area contributed by atoms with Gasteiger partial charge in [0.15, 0.2) is 0 Å². The van der Waals surface area contributed by atoms with E-state index in [2.05, 4.69) is 5.32 Å². The normalized spacial score (nSPS) is 23.0. The van der Waals surface area contributed by atoms with Crippen LogP contribution >= 0.6 is 11.8 Å². The summed E-state index contributed by atoms with van der Waals surface area (Å²) in [5, 5.41) is 2.90. The van der Waals surface area contributed by atoms with E-state index in [1.807, 2.05) is 30.5 Å². The lowest BCUT2D eigenvalue weighted by molar-refractivity contribution is -0.129. The Morgan fingerprint density at radius 3 is 2.45 bits per heavy atom. The second-order valence-electron chi connectivity index (χ2n) is 6.10. The first kappa shape index (κ1) is 15.4. The zero-order valence-corrected chi connectivity index (χ0v) is 13.7. The van der Waals surface area contributed by atoms with Crippen LogP contribution in [0.3, 0.4) is 0 Å². The van der Waals surface area contributed by atoms with E-state index in [1.165, 1.54) is 29.1 Å². The lowest BCUT2D eigenvalue weighted by Gasteiger charge is -2.25. The second-order valence-corrected chi connectivity index (χ2v) is 6.98. The molecule has 4 nitrogen and oxygen atoms in total. The van der Waals surface area contributed by atoms with E-state index >= 15 is 0 Å². The zero-order chi connectivity index (χ0) is 15.5. The molecule has 3 rings (SSSR count). The van der Waals surface area contributed by atoms with Crippen LogP contribution in [0.15, 0.2) is 29.2 Å². The Balaban J connectivity index is 1.68. The minimum Gasteiger partial charge on any atom is -0.326 e. The first-order valence-electron chi connectivity index (χ1n) is 7.94. The number of nitrogens with one attached hydrogen (secondary N) is 1. The third-order valence-corrected chi connectivity index (χ3v) is 5.42. The number of carbonyl (C=O) groups is 2. The number of thioether (sulfide) groups is 1. The van der Waals surface area contributed by atoms with Crippen molar-refractivity contribution in [2.45, 2.75) is 49.6 Å². The molecule has 118 valence electrons. The summed E-state index contributed by atoms with van der Waals surface area (Å²) in [4.78, 5) is 27.3. The molecule has 22 heavy (non-hydrogen) atoms. The molecule has 0 bridgehead atoms.